The summed E-state index contributed by atoms with van der Waals surface area (Å²) >= 11 is 0. The molecule has 1 aromatic heterocycles. The summed E-state index contributed by atoms with van der Waals surface area (Å²) in [4.78, 5) is 30.5. The molecule has 1 heterocycles. The van der Waals surface area contributed by atoms with Gasteiger partial charge < -0.3 is 10.1 Å². The predicted octanol–water partition coefficient (Wildman–Crippen LogP) is 3.77. The molecule has 0 radical (unpaired) electrons. The molecule has 0 spiro atoms. The minimum Gasteiger partial charge on any atom is -0.467 e. The summed E-state index contributed by atoms with van der Waals surface area (Å²) in [6.07, 6.45) is 0.241. The van der Waals surface area contributed by atoms with Crippen LogP contribution in [0, 0.1) is 11.3 Å². The van der Waals surface area contributed by atoms with Crippen molar-refractivity contribution in [1.82, 2.24) is 10.3 Å². The molecule has 0 bridgehead atoms. The molecule has 6 heteroatoms. The number of methoxy groups -OCH3 is 1. The van der Waals surface area contributed by atoms with Gasteiger partial charge in [-0.2, -0.15) is 5.26 Å². The van der Waals surface area contributed by atoms with E-state index in [1.165, 1.54) is 7.11 Å². The van der Waals surface area contributed by atoms with Gasteiger partial charge in [0.2, 0.25) is 0 Å². The van der Waals surface area contributed by atoms with E-state index in [1.807, 2.05) is 48.5 Å². The number of nitrogens with one attached hydrogen (secondary N) is 1. The average molecular weight is 409 g/mol. The SMILES string of the molecule is COC(=O)[C@@H](Cc1ccc(C#N)cc1)NC(=O)c1c2ccccc2nc2ccccc12. The number of esters is 1. The second-order valence-corrected chi connectivity index (χ2v) is 7.08. The summed E-state index contributed by atoms with van der Waals surface area (Å²) in [5, 5.41) is 13.2. The maximum atomic E-state index is 13.4. The highest BCUT2D eigenvalue weighted by molar-refractivity contribution is 6.16. The van der Waals surface area contributed by atoms with Gasteiger partial charge in [-0.05, 0) is 29.8 Å². The molecule has 4 aromatic rings. The highest BCUT2D eigenvalue weighted by Gasteiger charge is 2.25. The van der Waals surface area contributed by atoms with Gasteiger partial charge in [0, 0.05) is 17.2 Å². The quantitative estimate of drug-likeness (QED) is 0.400. The number of nitrogens with zero attached hydrogens (tertiary/aromatic N) is 2. The molecule has 152 valence electrons. The maximum absolute atomic E-state index is 13.4. The van der Waals surface area contributed by atoms with Gasteiger partial charge in [0.05, 0.1) is 35.3 Å². The normalized spacial score (nSPS) is 11.6. The van der Waals surface area contributed by atoms with E-state index >= 15 is 0 Å². The lowest BCUT2D eigenvalue weighted by Gasteiger charge is -2.18. The Hall–Kier alpha value is -4.24. The van der Waals surface area contributed by atoms with Crippen LogP contribution in [0.5, 0.6) is 0 Å². The highest BCUT2D eigenvalue weighted by Crippen LogP contribution is 2.26. The first-order valence-electron chi connectivity index (χ1n) is 9.76. The van der Waals surface area contributed by atoms with Crippen molar-refractivity contribution in [3.05, 3.63) is 89.5 Å². The molecule has 1 N–H and O–H groups in total. The van der Waals surface area contributed by atoms with E-state index in [-0.39, 0.29) is 12.3 Å². The largest absolute Gasteiger partial charge is 0.467 e. The van der Waals surface area contributed by atoms with Gasteiger partial charge in [0.1, 0.15) is 6.04 Å². The highest BCUT2D eigenvalue weighted by atomic mass is 16.5. The Morgan fingerprint density at radius 1 is 0.968 bits per heavy atom. The van der Waals surface area contributed by atoms with Crippen LogP contribution in [0.3, 0.4) is 0 Å². The standard InChI is InChI=1S/C25H19N3O3/c1-31-25(30)22(14-16-10-12-17(15-26)13-11-16)28-24(29)23-18-6-2-4-8-20(18)27-21-9-5-3-7-19(21)23/h2-13,22H,14H2,1H3,(H,28,29)/t22-/m1/s1. The molecule has 6 nitrogen and oxygen atoms in total. The Balaban J connectivity index is 1.72. The molecule has 0 saturated carbocycles. The van der Waals surface area contributed by atoms with Crippen molar-refractivity contribution in [2.24, 2.45) is 0 Å². The van der Waals surface area contributed by atoms with E-state index in [2.05, 4.69) is 16.4 Å². The number of para-hydroxylation sites is 2. The third-order valence-corrected chi connectivity index (χ3v) is 5.13. The van der Waals surface area contributed by atoms with Gasteiger partial charge in [-0.3, -0.25) is 4.79 Å². The van der Waals surface area contributed by atoms with Gasteiger partial charge in [0.15, 0.2) is 0 Å². The lowest BCUT2D eigenvalue weighted by Crippen LogP contribution is -2.43. The van der Waals surface area contributed by atoms with Gasteiger partial charge >= 0.3 is 5.97 Å². The van der Waals surface area contributed by atoms with Crippen LogP contribution in [-0.2, 0) is 16.0 Å². The summed E-state index contributed by atoms with van der Waals surface area (Å²) in [6.45, 7) is 0. The van der Waals surface area contributed by atoms with Crippen LogP contribution in [-0.4, -0.2) is 30.0 Å². The van der Waals surface area contributed by atoms with E-state index in [4.69, 9.17) is 10.00 Å². The molecular formula is C25H19N3O3. The fourth-order valence-electron chi connectivity index (χ4n) is 3.60. The number of ether oxygens (including phenoxy) is 1. The first kappa shape index (κ1) is 20.0. The lowest BCUT2D eigenvalue weighted by molar-refractivity contribution is -0.142. The van der Waals surface area contributed by atoms with Gasteiger partial charge in [-0.15, -0.1) is 0 Å². The minimum atomic E-state index is -0.879. The van der Waals surface area contributed by atoms with Crippen LogP contribution in [0.4, 0.5) is 0 Å². The number of carbonyl (C=O) groups excluding carboxylic acids is 2. The van der Waals surface area contributed by atoms with Crippen molar-refractivity contribution in [3.63, 3.8) is 0 Å². The Labute approximate surface area is 179 Å². The molecule has 1 atom stereocenters. The van der Waals surface area contributed by atoms with Crippen molar-refractivity contribution in [2.75, 3.05) is 7.11 Å². The Bertz CT molecular complexity index is 1270. The van der Waals surface area contributed by atoms with Crippen LogP contribution in [0.2, 0.25) is 0 Å². The molecule has 0 unspecified atom stereocenters. The fourth-order valence-corrected chi connectivity index (χ4v) is 3.60. The topological polar surface area (TPSA) is 92.1 Å². The fraction of sp³-hybridized carbons (Fsp3) is 0.120. The van der Waals surface area contributed by atoms with Gasteiger partial charge in [0.25, 0.3) is 5.91 Å². The molecule has 0 aliphatic rings. The summed E-state index contributed by atoms with van der Waals surface area (Å²) in [6, 6.07) is 22.9. The van der Waals surface area contributed by atoms with Crippen molar-refractivity contribution in [1.29, 1.82) is 5.26 Å². The summed E-state index contributed by atoms with van der Waals surface area (Å²) in [7, 11) is 1.29. The zero-order chi connectivity index (χ0) is 21.8. The molecule has 1 amide bonds. The molecule has 0 aliphatic heterocycles. The number of fused-ring (bicyclic) bond motifs is 2. The number of benzene rings is 3. The number of hydrogen-bond acceptors (Lipinski definition) is 5. The van der Waals surface area contributed by atoms with Crippen molar-refractivity contribution in [2.45, 2.75) is 12.5 Å². The number of amides is 1. The van der Waals surface area contributed by atoms with Gasteiger partial charge in [-0.25, -0.2) is 9.78 Å². The second kappa shape index (κ2) is 8.64. The van der Waals surface area contributed by atoms with Crippen LogP contribution >= 0.6 is 0 Å². The third kappa shape index (κ3) is 4.07. The van der Waals surface area contributed by atoms with Crippen LogP contribution < -0.4 is 5.32 Å². The van der Waals surface area contributed by atoms with Crippen molar-refractivity contribution < 1.29 is 14.3 Å². The summed E-state index contributed by atoms with van der Waals surface area (Å²) in [5.41, 5.74) is 3.20. The number of nitriles is 1. The first-order valence-corrected chi connectivity index (χ1v) is 9.76. The second-order valence-electron chi connectivity index (χ2n) is 7.08. The molecule has 0 fully saturated rings. The molecular weight excluding hydrogens is 390 g/mol. The lowest BCUT2D eigenvalue weighted by atomic mass is 10.0. The number of rotatable bonds is 5. The van der Waals surface area contributed by atoms with Crippen molar-refractivity contribution in [3.8, 4) is 6.07 Å². The Morgan fingerprint density at radius 3 is 2.10 bits per heavy atom. The summed E-state index contributed by atoms with van der Waals surface area (Å²) in [5.74, 6) is -0.917. The zero-order valence-corrected chi connectivity index (χ0v) is 16.8. The first-order chi connectivity index (χ1) is 15.1. The van der Waals surface area contributed by atoms with Crippen LogP contribution in [0.15, 0.2) is 72.8 Å². The summed E-state index contributed by atoms with van der Waals surface area (Å²) < 4.78 is 4.92. The van der Waals surface area contributed by atoms with E-state index in [1.54, 1.807) is 24.3 Å². The maximum Gasteiger partial charge on any atom is 0.328 e. The Kier molecular flexibility index (Phi) is 5.59. The number of hydrogen-bond donors (Lipinski definition) is 1. The van der Waals surface area contributed by atoms with Crippen molar-refractivity contribution >= 4 is 33.7 Å². The molecule has 3 aromatic carbocycles. The molecule has 31 heavy (non-hydrogen) atoms. The van der Waals surface area contributed by atoms with Crippen LogP contribution in [0.1, 0.15) is 21.5 Å². The number of aromatic nitrogens is 1. The van der Waals surface area contributed by atoms with E-state index in [0.717, 1.165) is 5.56 Å². The smallest absolute Gasteiger partial charge is 0.328 e. The van der Waals surface area contributed by atoms with E-state index in [9.17, 15) is 9.59 Å². The molecule has 4 rings (SSSR count). The molecule has 0 aliphatic carbocycles. The Morgan fingerprint density at radius 2 is 1.55 bits per heavy atom. The average Bonchev–Trinajstić information content (AvgIpc) is 2.81. The van der Waals surface area contributed by atoms with E-state index < -0.39 is 12.0 Å². The monoisotopic (exact) mass is 409 g/mol. The van der Waals surface area contributed by atoms with Crippen LogP contribution in [0.25, 0.3) is 21.8 Å². The minimum absolute atomic E-state index is 0.241. The number of pyridine rings is 1. The number of carbonyl (C=O) groups is 2. The predicted molar refractivity (Wildman–Crippen MR) is 117 cm³/mol. The third-order valence-electron chi connectivity index (χ3n) is 5.13. The van der Waals surface area contributed by atoms with E-state index in [0.29, 0.717) is 32.9 Å². The zero-order valence-electron chi connectivity index (χ0n) is 16.8. The molecule has 0 saturated heterocycles. The van der Waals surface area contributed by atoms with Gasteiger partial charge in [-0.1, -0.05) is 48.5 Å².